The number of carboxylic acid groups (broad SMARTS) is 4. The van der Waals surface area contributed by atoms with Crippen molar-refractivity contribution in [2.24, 2.45) is 0 Å². The minimum atomic E-state index is -1.23. The van der Waals surface area contributed by atoms with Crippen LogP contribution in [0.25, 0.3) is 0 Å². The van der Waals surface area contributed by atoms with E-state index in [0.717, 1.165) is 0 Å². The molecule has 0 aliphatic carbocycles. The Morgan fingerprint density at radius 3 is 0.760 bits per heavy atom. The van der Waals surface area contributed by atoms with Gasteiger partial charge in [0.1, 0.15) is 0 Å². The van der Waals surface area contributed by atoms with Crippen molar-refractivity contribution >= 4 is 23.9 Å². The Labute approximate surface area is 156 Å². The van der Waals surface area contributed by atoms with Gasteiger partial charge < -0.3 is 20.4 Å². The van der Waals surface area contributed by atoms with E-state index in [1.165, 1.54) is 48.5 Å². The molecule has 0 saturated carbocycles. The van der Waals surface area contributed by atoms with E-state index in [1.807, 2.05) is 0 Å². The van der Waals surface area contributed by atoms with Crippen LogP contribution in [0.15, 0.2) is 48.5 Å². The van der Waals surface area contributed by atoms with Gasteiger partial charge in [0.05, 0.1) is 22.3 Å². The maximum Gasteiger partial charge on any atom is 0.336 e. The first-order valence-corrected chi connectivity index (χ1v) is 6.37. The minimum absolute atomic E-state index is 0. The molecule has 2 aromatic rings. The Hall–Kier alpha value is -2.97. The van der Waals surface area contributed by atoms with Crippen molar-refractivity contribution in [1.82, 2.24) is 0 Å². The fourth-order valence-corrected chi connectivity index (χ4v) is 1.71. The number of rotatable bonds is 4. The molecule has 9 heteroatoms. The van der Waals surface area contributed by atoms with Crippen molar-refractivity contribution in [2.45, 2.75) is 0 Å². The molecule has 0 atom stereocenters. The summed E-state index contributed by atoms with van der Waals surface area (Å²) < 4.78 is 0. The maximum atomic E-state index is 10.5. The van der Waals surface area contributed by atoms with Crippen LogP contribution in [0.5, 0.6) is 0 Å². The van der Waals surface area contributed by atoms with Crippen LogP contribution in [0.2, 0.25) is 0 Å². The quantitative estimate of drug-likeness (QED) is 0.590. The molecule has 0 fully saturated rings. The van der Waals surface area contributed by atoms with Crippen LogP contribution in [-0.4, -0.2) is 44.3 Å². The van der Waals surface area contributed by atoms with Crippen LogP contribution in [0, 0.1) is 0 Å². The first-order valence-electron chi connectivity index (χ1n) is 6.37. The molecule has 0 aliphatic heterocycles. The molecule has 0 aliphatic rings. The molecule has 0 heterocycles. The molecule has 0 radical (unpaired) electrons. The Balaban J connectivity index is 0.000000443. The summed E-state index contributed by atoms with van der Waals surface area (Å²) in [6.07, 6.45) is 0. The van der Waals surface area contributed by atoms with E-state index in [1.54, 1.807) is 0 Å². The van der Waals surface area contributed by atoms with Crippen LogP contribution in [0.4, 0.5) is 0 Å². The van der Waals surface area contributed by atoms with Crippen molar-refractivity contribution in [2.75, 3.05) is 0 Å². The van der Waals surface area contributed by atoms with Crippen LogP contribution < -0.4 is 0 Å². The van der Waals surface area contributed by atoms with Gasteiger partial charge in [-0.25, -0.2) is 19.2 Å². The number of benzene rings is 2. The molecule has 0 amide bonds. The number of hydrogen-bond acceptors (Lipinski definition) is 4. The van der Waals surface area contributed by atoms with Gasteiger partial charge in [0, 0.05) is 21.7 Å². The van der Waals surface area contributed by atoms with Gasteiger partial charge in [-0.05, 0) is 24.3 Å². The van der Waals surface area contributed by atoms with Crippen molar-refractivity contribution < 1.29 is 61.3 Å². The third kappa shape index (κ3) is 6.21. The number of carbonyl (C=O) groups is 4. The standard InChI is InChI=1S/2C8H6O4.Ti/c2*9-7(10)5-3-1-2-4-6(5)8(11)12;/h2*1-4H,(H,9,10)(H,11,12);. The van der Waals surface area contributed by atoms with Crippen LogP contribution >= 0.6 is 0 Å². The smallest absolute Gasteiger partial charge is 0.336 e. The summed E-state index contributed by atoms with van der Waals surface area (Å²) >= 11 is 0. The van der Waals surface area contributed by atoms with E-state index < -0.39 is 23.9 Å². The zero-order valence-electron chi connectivity index (χ0n) is 12.5. The second-order valence-electron chi connectivity index (χ2n) is 4.31. The fraction of sp³-hybridized carbons (Fsp3) is 0. The molecule has 8 nitrogen and oxygen atoms in total. The first kappa shape index (κ1) is 22.0. The number of hydrogen-bond donors (Lipinski definition) is 4. The van der Waals surface area contributed by atoms with Crippen molar-refractivity contribution in [3.8, 4) is 0 Å². The molecular formula is C16H12O8Ti. The third-order valence-corrected chi connectivity index (χ3v) is 2.78. The minimum Gasteiger partial charge on any atom is -0.478 e. The third-order valence-electron chi connectivity index (χ3n) is 2.78. The average molecular weight is 380 g/mol. The molecule has 25 heavy (non-hydrogen) atoms. The van der Waals surface area contributed by atoms with E-state index in [0.29, 0.717) is 0 Å². The molecule has 0 unspecified atom stereocenters. The maximum absolute atomic E-state index is 10.5. The monoisotopic (exact) mass is 380 g/mol. The van der Waals surface area contributed by atoms with Gasteiger partial charge in [0.2, 0.25) is 0 Å². The molecular weight excluding hydrogens is 368 g/mol. The van der Waals surface area contributed by atoms with Crippen LogP contribution in [0.3, 0.4) is 0 Å². The van der Waals surface area contributed by atoms with Gasteiger partial charge in [-0.1, -0.05) is 24.3 Å². The summed E-state index contributed by atoms with van der Waals surface area (Å²) in [6, 6.07) is 11.0. The summed E-state index contributed by atoms with van der Waals surface area (Å²) in [5, 5.41) is 34.2. The predicted octanol–water partition coefficient (Wildman–Crippen LogP) is 2.16. The molecule has 128 valence electrons. The molecule has 2 aromatic carbocycles. The van der Waals surface area contributed by atoms with Crippen LogP contribution in [-0.2, 0) is 21.7 Å². The van der Waals surface area contributed by atoms with Crippen molar-refractivity contribution in [3.63, 3.8) is 0 Å². The predicted molar refractivity (Wildman–Crippen MR) is 80.7 cm³/mol. The van der Waals surface area contributed by atoms with Gasteiger partial charge in [-0.3, -0.25) is 0 Å². The van der Waals surface area contributed by atoms with Gasteiger partial charge in [0.15, 0.2) is 0 Å². The van der Waals surface area contributed by atoms with Crippen molar-refractivity contribution in [3.05, 3.63) is 70.8 Å². The summed E-state index contributed by atoms with van der Waals surface area (Å²) in [5.41, 5.74) is -0.759. The molecule has 0 saturated heterocycles. The normalized spacial score (nSPS) is 8.96. The van der Waals surface area contributed by atoms with E-state index in [-0.39, 0.29) is 44.0 Å². The summed E-state index contributed by atoms with van der Waals surface area (Å²) in [4.78, 5) is 41.9. The fourth-order valence-electron chi connectivity index (χ4n) is 1.71. The Kier molecular flexibility index (Phi) is 8.83. The number of carboxylic acids is 4. The van der Waals surface area contributed by atoms with Gasteiger partial charge in [-0.2, -0.15) is 0 Å². The van der Waals surface area contributed by atoms with Gasteiger partial charge in [-0.15, -0.1) is 0 Å². The average Bonchev–Trinajstić information content (AvgIpc) is 2.55. The van der Waals surface area contributed by atoms with E-state index in [9.17, 15) is 19.2 Å². The Morgan fingerprint density at radius 1 is 0.480 bits per heavy atom. The molecule has 2 rings (SSSR count). The molecule has 0 spiro atoms. The van der Waals surface area contributed by atoms with Crippen LogP contribution in [0.1, 0.15) is 41.4 Å². The Bertz CT molecular complexity index is 667. The SMILES string of the molecule is O=C(O)c1ccccc1C(=O)O.O=C(O)c1ccccc1C(=O)O.[Ti]. The second kappa shape index (κ2) is 10.0. The summed E-state index contributed by atoms with van der Waals surface area (Å²) in [7, 11) is 0. The Morgan fingerprint density at radius 2 is 0.640 bits per heavy atom. The number of aromatic carboxylic acids is 4. The molecule has 0 bridgehead atoms. The van der Waals surface area contributed by atoms with Gasteiger partial charge >= 0.3 is 23.9 Å². The molecule has 0 aromatic heterocycles. The zero-order valence-corrected chi connectivity index (χ0v) is 14.1. The largest absolute Gasteiger partial charge is 0.478 e. The van der Waals surface area contributed by atoms with Crippen molar-refractivity contribution in [1.29, 1.82) is 0 Å². The second-order valence-corrected chi connectivity index (χ2v) is 4.31. The van der Waals surface area contributed by atoms with E-state index in [2.05, 4.69) is 0 Å². The topological polar surface area (TPSA) is 149 Å². The molecule has 4 N–H and O–H groups in total. The van der Waals surface area contributed by atoms with E-state index in [4.69, 9.17) is 20.4 Å². The van der Waals surface area contributed by atoms with E-state index >= 15 is 0 Å². The summed E-state index contributed by atoms with van der Waals surface area (Å²) in [6.45, 7) is 0. The van der Waals surface area contributed by atoms with Gasteiger partial charge in [0.25, 0.3) is 0 Å². The first-order chi connectivity index (χ1) is 11.3. The zero-order chi connectivity index (χ0) is 18.3. The summed E-state index contributed by atoms with van der Waals surface area (Å²) in [5.74, 6) is -4.91.